The topological polar surface area (TPSA) is 59.6 Å². The van der Waals surface area contributed by atoms with Gasteiger partial charge in [0.25, 0.3) is 0 Å². The molecule has 0 aromatic heterocycles. The second kappa shape index (κ2) is 7.31. The Kier molecular flexibility index (Phi) is 5.44. The van der Waals surface area contributed by atoms with Crippen molar-refractivity contribution in [3.8, 4) is 11.5 Å². The fourth-order valence-corrected chi connectivity index (χ4v) is 2.56. The van der Waals surface area contributed by atoms with Crippen LogP contribution in [-0.4, -0.2) is 32.2 Å². The van der Waals surface area contributed by atoms with Gasteiger partial charge >= 0.3 is 0 Å². The Morgan fingerprint density at radius 3 is 2.90 bits per heavy atom. The van der Waals surface area contributed by atoms with Gasteiger partial charge in [-0.1, -0.05) is 6.92 Å². The highest BCUT2D eigenvalue weighted by Gasteiger charge is 2.24. The molecular formula is C16H24N2O3. The largest absolute Gasteiger partial charge is 0.493 e. The van der Waals surface area contributed by atoms with Crippen molar-refractivity contribution in [3.63, 3.8) is 0 Å². The lowest BCUT2D eigenvalue weighted by molar-refractivity contribution is -0.119. The number of amides is 1. The number of carbonyl (C=O) groups excluding carboxylic acids is 1. The van der Waals surface area contributed by atoms with Gasteiger partial charge in [-0.3, -0.25) is 4.79 Å². The highest BCUT2D eigenvalue weighted by Crippen LogP contribution is 2.30. The Morgan fingerprint density at radius 1 is 1.43 bits per heavy atom. The van der Waals surface area contributed by atoms with Crippen LogP contribution in [0.5, 0.6) is 11.5 Å². The first-order valence-corrected chi connectivity index (χ1v) is 7.49. The Hall–Kier alpha value is -1.75. The molecule has 5 heteroatoms. The molecule has 1 aliphatic heterocycles. The molecule has 0 spiro atoms. The third-order valence-corrected chi connectivity index (χ3v) is 3.71. The van der Waals surface area contributed by atoms with Gasteiger partial charge in [-0.2, -0.15) is 0 Å². The minimum Gasteiger partial charge on any atom is -0.493 e. The maximum absolute atomic E-state index is 12.3. The Morgan fingerprint density at radius 2 is 2.24 bits per heavy atom. The number of hydrogen-bond donors (Lipinski definition) is 2. The molecule has 0 bridgehead atoms. The quantitative estimate of drug-likeness (QED) is 0.875. The van der Waals surface area contributed by atoms with Crippen LogP contribution in [0, 0.1) is 5.92 Å². The monoisotopic (exact) mass is 292 g/mol. The molecule has 1 aromatic carbocycles. The van der Waals surface area contributed by atoms with Crippen LogP contribution in [0.1, 0.15) is 26.7 Å². The number of ether oxygens (including phenoxy) is 2. The fraction of sp³-hybridized carbons (Fsp3) is 0.562. The van der Waals surface area contributed by atoms with Gasteiger partial charge in [0.15, 0.2) is 11.5 Å². The van der Waals surface area contributed by atoms with E-state index in [-0.39, 0.29) is 11.9 Å². The van der Waals surface area contributed by atoms with Crippen molar-refractivity contribution in [3.05, 3.63) is 18.2 Å². The van der Waals surface area contributed by atoms with Crippen LogP contribution < -0.4 is 20.1 Å². The van der Waals surface area contributed by atoms with E-state index in [9.17, 15) is 4.79 Å². The van der Waals surface area contributed by atoms with E-state index in [1.54, 1.807) is 19.2 Å². The molecule has 1 aliphatic rings. The molecule has 0 aliphatic carbocycles. The summed E-state index contributed by atoms with van der Waals surface area (Å²) in [4.78, 5) is 12.3. The standard InChI is InChI=1S/C16H24N2O3/c1-4-21-15-10-12(5-6-14(15)20-3)18-16(19)13-9-11(2)7-8-17-13/h5-6,10-11,13,17H,4,7-9H2,1-3H3,(H,18,19). The first-order chi connectivity index (χ1) is 10.1. The van der Waals surface area contributed by atoms with Crippen molar-refractivity contribution >= 4 is 11.6 Å². The molecule has 1 saturated heterocycles. The summed E-state index contributed by atoms with van der Waals surface area (Å²) in [6, 6.07) is 5.31. The molecule has 21 heavy (non-hydrogen) atoms. The average Bonchev–Trinajstić information content (AvgIpc) is 2.48. The summed E-state index contributed by atoms with van der Waals surface area (Å²) in [5.41, 5.74) is 0.726. The lowest BCUT2D eigenvalue weighted by Gasteiger charge is -2.27. The summed E-state index contributed by atoms with van der Waals surface area (Å²) in [6.45, 7) is 5.54. The molecule has 2 rings (SSSR count). The lowest BCUT2D eigenvalue weighted by Crippen LogP contribution is -2.45. The lowest BCUT2D eigenvalue weighted by atomic mass is 9.94. The summed E-state index contributed by atoms with van der Waals surface area (Å²) in [5, 5.41) is 6.21. The average molecular weight is 292 g/mol. The Bertz CT molecular complexity index is 490. The van der Waals surface area contributed by atoms with E-state index in [0.29, 0.717) is 24.0 Å². The second-order valence-corrected chi connectivity index (χ2v) is 5.42. The van der Waals surface area contributed by atoms with Crippen LogP contribution in [0.3, 0.4) is 0 Å². The summed E-state index contributed by atoms with van der Waals surface area (Å²) in [5.74, 6) is 1.90. The van der Waals surface area contributed by atoms with Gasteiger partial charge < -0.3 is 20.1 Å². The number of rotatable bonds is 5. The molecule has 5 nitrogen and oxygen atoms in total. The highest BCUT2D eigenvalue weighted by molar-refractivity contribution is 5.95. The van der Waals surface area contributed by atoms with Crippen molar-refractivity contribution < 1.29 is 14.3 Å². The van der Waals surface area contributed by atoms with E-state index in [0.717, 1.165) is 25.1 Å². The van der Waals surface area contributed by atoms with Crippen molar-refractivity contribution in [1.29, 1.82) is 0 Å². The van der Waals surface area contributed by atoms with Crippen LogP contribution >= 0.6 is 0 Å². The van der Waals surface area contributed by atoms with E-state index >= 15 is 0 Å². The molecule has 2 atom stereocenters. The molecule has 2 N–H and O–H groups in total. The van der Waals surface area contributed by atoms with Crippen LogP contribution in [0.2, 0.25) is 0 Å². The summed E-state index contributed by atoms with van der Waals surface area (Å²) < 4.78 is 10.8. The third kappa shape index (κ3) is 4.11. The van der Waals surface area contributed by atoms with E-state index in [1.807, 2.05) is 13.0 Å². The van der Waals surface area contributed by atoms with Gasteiger partial charge in [0.2, 0.25) is 5.91 Å². The van der Waals surface area contributed by atoms with Crippen LogP contribution in [0.4, 0.5) is 5.69 Å². The number of benzene rings is 1. The molecule has 1 fully saturated rings. The van der Waals surface area contributed by atoms with Gasteiger partial charge in [0.1, 0.15) is 0 Å². The molecule has 0 radical (unpaired) electrons. The van der Waals surface area contributed by atoms with Gasteiger partial charge in [-0.05, 0) is 44.4 Å². The minimum absolute atomic E-state index is 0.00849. The number of piperidine rings is 1. The van der Waals surface area contributed by atoms with Crippen molar-refractivity contribution in [2.24, 2.45) is 5.92 Å². The molecule has 1 heterocycles. The van der Waals surface area contributed by atoms with E-state index in [4.69, 9.17) is 9.47 Å². The SMILES string of the molecule is CCOc1cc(NC(=O)C2CC(C)CCN2)ccc1OC. The zero-order valence-electron chi connectivity index (χ0n) is 12.9. The maximum atomic E-state index is 12.3. The van der Waals surface area contributed by atoms with E-state index in [2.05, 4.69) is 17.6 Å². The summed E-state index contributed by atoms with van der Waals surface area (Å²) in [7, 11) is 1.60. The van der Waals surface area contributed by atoms with Gasteiger partial charge in [0, 0.05) is 11.8 Å². The zero-order chi connectivity index (χ0) is 15.2. The number of carbonyl (C=O) groups is 1. The Labute approximate surface area is 126 Å². The van der Waals surface area contributed by atoms with Crippen molar-refractivity contribution in [2.75, 3.05) is 25.6 Å². The first-order valence-electron chi connectivity index (χ1n) is 7.49. The van der Waals surface area contributed by atoms with E-state index < -0.39 is 0 Å². The van der Waals surface area contributed by atoms with Gasteiger partial charge in [-0.15, -0.1) is 0 Å². The Balaban J connectivity index is 2.04. The van der Waals surface area contributed by atoms with Gasteiger partial charge in [-0.25, -0.2) is 0 Å². The number of anilines is 1. The van der Waals surface area contributed by atoms with Crippen molar-refractivity contribution in [2.45, 2.75) is 32.7 Å². The molecule has 1 aromatic rings. The second-order valence-electron chi connectivity index (χ2n) is 5.42. The minimum atomic E-state index is -0.119. The molecule has 0 saturated carbocycles. The highest BCUT2D eigenvalue weighted by atomic mass is 16.5. The van der Waals surface area contributed by atoms with Crippen molar-refractivity contribution in [1.82, 2.24) is 5.32 Å². The normalized spacial score (nSPS) is 21.7. The predicted molar refractivity (Wildman–Crippen MR) is 83.0 cm³/mol. The molecule has 116 valence electrons. The molecular weight excluding hydrogens is 268 g/mol. The van der Waals surface area contributed by atoms with Crippen LogP contribution in [0.25, 0.3) is 0 Å². The summed E-state index contributed by atoms with van der Waals surface area (Å²) >= 11 is 0. The van der Waals surface area contributed by atoms with Crippen LogP contribution in [0.15, 0.2) is 18.2 Å². The predicted octanol–water partition coefficient (Wildman–Crippen LogP) is 2.42. The zero-order valence-corrected chi connectivity index (χ0v) is 12.9. The van der Waals surface area contributed by atoms with Gasteiger partial charge in [0.05, 0.1) is 19.8 Å². The van der Waals surface area contributed by atoms with Crippen LogP contribution in [-0.2, 0) is 4.79 Å². The fourth-order valence-electron chi connectivity index (χ4n) is 2.56. The smallest absolute Gasteiger partial charge is 0.241 e. The maximum Gasteiger partial charge on any atom is 0.241 e. The number of methoxy groups -OCH3 is 1. The molecule has 2 unspecified atom stereocenters. The van der Waals surface area contributed by atoms with E-state index in [1.165, 1.54) is 0 Å². The number of nitrogens with one attached hydrogen (secondary N) is 2. The molecule has 1 amide bonds. The first kappa shape index (κ1) is 15.6. The third-order valence-electron chi connectivity index (χ3n) is 3.71. The number of hydrogen-bond acceptors (Lipinski definition) is 4. The summed E-state index contributed by atoms with van der Waals surface area (Å²) in [6.07, 6.45) is 2.00.